The summed E-state index contributed by atoms with van der Waals surface area (Å²) in [5, 5.41) is 12.3. The van der Waals surface area contributed by atoms with E-state index in [-0.39, 0.29) is 6.04 Å². The summed E-state index contributed by atoms with van der Waals surface area (Å²) in [4.78, 5) is 21.9. The molecule has 2 heterocycles. The number of nitrogens with two attached hydrogens (primary N) is 1. The molecule has 0 saturated heterocycles. The van der Waals surface area contributed by atoms with E-state index in [2.05, 4.69) is 9.68 Å². The minimum atomic E-state index is -0.987. The quantitative estimate of drug-likeness (QED) is 0.744. The van der Waals surface area contributed by atoms with Crippen LogP contribution in [0.25, 0.3) is 0 Å². The molecule has 0 saturated carbocycles. The highest BCUT2D eigenvalue weighted by molar-refractivity contribution is 5.72. The first-order chi connectivity index (χ1) is 8.09. The molecule has 7 heteroatoms. The number of aliphatic carboxylic acids is 1. The number of nitrogens with zero attached hydrogens (tertiary/aromatic N) is 2. The second kappa shape index (κ2) is 4.70. The molecule has 0 bridgehead atoms. The Morgan fingerprint density at radius 1 is 1.71 bits per heavy atom. The molecule has 94 valence electrons. The minimum absolute atomic E-state index is 0.0738. The molecule has 0 aliphatic carbocycles. The summed E-state index contributed by atoms with van der Waals surface area (Å²) in [6, 6.07) is -0.750. The van der Waals surface area contributed by atoms with Gasteiger partial charge in [0.2, 0.25) is 0 Å². The number of rotatable bonds is 5. The van der Waals surface area contributed by atoms with Crippen LogP contribution in [-0.4, -0.2) is 26.8 Å². The van der Waals surface area contributed by atoms with Crippen molar-refractivity contribution in [1.29, 1.82) is 0 Å². The number of fused-ring (bicyclic) bond motifs is 1. The minimum Gasteiger partial charge on any atom is -0.480 e. The highest BCUT2D eigenvalue weighted by atomic mass is 16.5. The zero-order chi connectivity index (χ0) is 12.4. The van der Waals surface area contributed by atoms with Crippen molar-refractivity contribution in [2.24, 2.45) is 5.73 Å². The molecule has 0 aromatic carbocycles. The summed E-state index contributed by atoms with van der Waals surface area (Å²) in [6.07, 6.45) is 3.42. The lowest BCUT2D eigenvalue weighted by atomic mass is 10.0. The van der Waals surface area contributed by atoms with Crippen LogP contribution in [0.1, 0.15) is 37.5 Å². The fraction of sp³-hybridized carbons (Fsp3) is 0.700. The van der Waals surface area contributed by atoms with Gasteiger partial charge in [-0.2, -0.15) is 0 Å². The molecular formula is C10H15N3O4. The van der Waals surface area contributed by atoms with E-state index in [9.17, 15) is 9.59 Å². The molecule has 1 aromatic heterocycles. The summed E-state index contributed by atoms with van der Waals surface area (Å²) < 4.78 is 6.13. The van der Waals surface area contributed by atoms with E-state index in [1.54, 1.807) is 4.57 Å². The van der Waals surface area contributed by atoms with E-state index in [1.165, 1.54) is 0 Å². The van der Waals surface area contributed by atoms with Gasteiger partial charge in [-0.1, -0.05) is 5.16 Å². The topological polar surface area (TPSA) is 111 Å². The van der Waals surface area contributed by atoms with Crippen molar-refractivity contribution in [2.75, 3.05) is 0 Å². The van der Waals surface area contributed by atoms with Gasteiger partial charge in [-0.3, -0.25) is 13.9 Å². The molecule has 1 aromatic rings. The third kappa shape index (κ3) is 2.38. The van der Waals surface area contributed by atoms with E-state index in [0.717, 1.165) is 19.3 Å². The van der Waals surface area contributed by atoms with Crippen LogP contribution in [0.15, 0.2) is 9.32 Å². The predicted octanol–water partition coefficient (Wildman–Crippen LogP) is -0.0942. The Balaban J connectivity index is 1.88. The SMILES string of the molecule is NC(CCCC1CCc2noc(=O)n21)C(=O)O. The maximum Gasteiger partial charge on any atom is 0.441 e. The molecule has 0 radical (unpaired) electrons. The first-order valence-corrected chi connectivity index (χ1v) is 5.65. The van der Waals surface area contributed by atoms with Gasteiger partial charge >= 0.3 is 11.7 Å². The Kier molecular flexibility index (Phi) is 3.28. The van der Waals surface area contributed by atoms with E-state index in [0.29, 0.717) is 18.7 Å². The molecule has 1 aliphatic rings. The van der Waals surface area contributed by atoms with E-state index < -0.39 is 17.8 Å². The van der Waals surface area contributed by atoms with Crippen molar-refractivity contribution in [1.82, 2.24) is 9.72 Å². The average molecular weight is 241 g/mol. The van der Waals surface area contributed by atoms with Crippen molar-refractivity contribution < 1.29 is 14.4 Å². The number of carbonyl (C=O) groups is 1. The van der Waals surface area contributed by atoms with Gasteiger partial charge in [-0.25, -0.2) is 4.79 Å². The smallest absolute Gasteiger partial charge is 0.441 e. The van der Waals surface area contributed by atoms with E-state index in [1.807, 2.05) is 0 Å². The lowest BCUT2D eigenvalue weighted by molar-refractivity contribution is -0.138. The average Bonchev–Trinajstić information content (AvgIpc) is 2.83. The number of hydrogen-bond acceptors (Lipinski definition) is 5. The van der Waals surface area contributed by atoms with Gasteiger partial charge in [-0.05, 0) is 25.7 Å². The molecular weight excluding hydrogens is 226 g/mol. The van der Waals surface area contributed by atoms with E-state index in [4.69, 9.17) is 10.8 Å². The van der Waals surface area contributed by atoms with Crippen LogP contribution < -0.4 is 11.5 Å². The summed E-state index contributed by atoms with van der Waals surface area (Å²) >= 11 is 0. The molecule has 2 rings (SSSR count). The summed E-state index contributed by atoms with van der Waals surface area (Å²) in [5.41, 5.74) is 5.41. The van der Waals surface area contributed by atoms with Crippen LogP contribution in [0.5, 0.6) is 0 Å². The Morgan fingerprint density at radius 3 is 3.18 bits per heavy atom. The van der Waals surface area contributed by atoms with Crippen LogP contribution >= 0.6 is 0 Å². The molecule has 0 fully saturated rings. The number of carboxylic acid groups (broad SMARTS) is 1. The second-order valence-corrected chi connectivity index (χ2v) is 4.30. The predicted molar refractivity (Wildman–Crippen MR) is 57.6 cm³/mol. The maximum atomic E-state index is 11.3. The highest BCUT2D eigenvalue weighted by Gasteiger charge is 2.26. The Morgan fingerprint density at radius 2 is 2.47 bits per heavy atom. The second-order valence-electron chi connectivity index (χ2n) is 4.30. The monoisotopic (exact) mass is 241 g/mol. The van der Waals surface area contributed by atoms with Crippen molar-refractivity contribution >= 4 is 5.97 Å². The maximum absolute atomic E-state index is 11.3. The summed E-state index contributed by atoms with van der Waals surface area (Å²) in [6.45, 7) is 0. The van der Waals surface area contributed by atoms with Gasteiger partial charge in [-0.15, -0.1) is 0 Å². The summed E-state index contributed by atoms with van der Waals surface area (Å²) in [7, 11) is 0. The van der Waals surface area contributed by atoms with Crippen LogP contribution in [0.2, 0.25) is 0 Å². The number of carboxylic acids is 1. The molecule has 17 heavy (non-hydrogen) atoms. The first-order valence-electron chi connectivity index (χ1n) is 5.65. The van der Waals surface area contributed by atoms with Crippen LogP contribution in [-0.2, 0) is 11.2 Å². The van der Waals surface area contributed by atoms with Crippen LogP contribution in [0, 0.1) is 0 Å². The molecule has 2 unspecified atom stereocenters. The zero-order valence-electron chi connectivity index (χ0n) is 9.33. The number of hydrogen-bond donors (Lipinski definition) is 2. The molecule has 0 spiro atoms. The van der Waals surface area contributed by atoms with Crippen molar-refractivity contribution in [3.05, 3.63) is 16.4 Å². The molecule has 3 N–H and O–H groups in total. The molecule has 7 nitrogen and oxygen atoms in total. The normalized spacial score (nSPS) is 20.2. The zero-order valence-corrected chi connectivity index (χ0v) is 9.33. The lowest BCUT2D eigenvalue weighted by Gasteiger charge is -2.11. The first kappa shape index (κ1) is 11.8. The third-order valence-electron chi connectivity index (χ3n) is 3.14. The standard InChI is InChI=1S/C10H15N3O4/c11-7(9(14)15)3-1-2-6-4-5-8-12-17-10(16)13(6)8/h6-7H,1-5,11H2,(H,14,15). The highest BCUT2D eigenvalue weighted by Crippen LogP contribution is 2.27. The fourth-order valence-corrected chi connectivity index (χ4v) is 2.21. The third-order valence-corrected chi connectivity index (χ3v) is 3.14. The van der Waals surface area contributed by atoms with Crippen LogP contribution in [0.3, 0.4) is 0 Å². The molecule has 1 aliphatic heterocycles. The Hall–Kier alpha value is -1.63. The largest absolute Gasteiger partial charge is 0.480 e. The van der Waals surface area contributed by atoms with Crippen molar-refractivity contribution in [3.8, 4) is 0 Å². The van der Waals surface area contributed by atoms with Gasteiger partial charge in [0, 0.05) is 12.5 Å². The van der Waals surface area contributed by atoms with Gasteiger partial charge in [0.15, 0.2) is 5.82 Å². The summed E-state index contributed by atoms with van der Waals surface area (Å²) in [5.74, 6) is -0.730. The Bertz CT molecular complexity index is 464. The lowest BCUT2D eigenvalue weighted by Crippen LogP contribution is -2.30. The number of aryl methyl sites for hydroxylation is 1. The van der Waals surface area contributed by atoms with Gasteiger partial charge < -0.3 is 10.8 Å². The van der Waals surface area contributed by atoms with Gasteiger partial charge in [0.25, 0.3) is 0 Å². The van der Waals surface area contributed by atoms with Gasteiger partial charge in [0.05, 0.1) is 0 Å². The van der Waals surface area contributed by atoms with Crippen molar-refractivity contribution in [3.63, 3.8) is 0 Å². The van der Waals surface area contributed by atoms with Crippen molar-refractivity contribution in [2.45, 2.75) is 44.2 Å². The number of aromatic nitrogens is 2. The fourth-order valence-electron chi connectivity index (χ4n) is 2.21. The van der Waals surface area contributed by atoms with Gasteiger partial charge in [0.1, 0.15) is 6.04 Å². The molecule has 2 atom stereocenters. The molecule has 0 amide bonds. The Labute approximate surface area is 97.2 Å². The van der Waals surface area contributed by atoms with Crippen LogP contribution in [0.4, 0.5) is 0 Å². The van der Waals surface area contributed by atoms with E-state index >= 15 is 0 Å².